The summed E-state index contributed by atoms with van der Waals surface area (Å²) >= 11 is 0. The molecule has 2 aromatic rings. The van der Waals surface area contributed by atoms with Gasteiger partial charge in [0.25, 0.3) is 5.91 Å². The Balaban J connectivity index is 1.69. The highest BCUT2D eigenvalue weighted by Crippen LogP contribution is 2.21. The standard InChI is InChI=1S/C23H30N2O4S/c1-18(2)29-17-21-10-5-4-9-20(21)16-24-23(26)19-11-8-12-22(15-19)30(27,28)25-13-6-3-7-14-25/h4-5,8-12,15,18H,3,6-7,13-14,16-17H2,1-2H3,(H,24,26). The number of ether oxygens (including phenoxy) is 1. The lowest BCUT2D eigenvalue weighted by Crippen LogP contribution is -2.35. The van der Waals surface area contributed by atoms with Crippen molar-refractivity contribution in [2.45, 2.75) is 57.3 Å². The molecule has 6 nitrogen and oxygen atoms in total. The highest BCUT2D eigenvalue weighted by Gasteiger charge is 2.26. The molecule has 30 heavy (non-hydrogen) atoms. The van der Waals surface area contributed by atoms with Gasteiger partial charge in [-0.2, -0.15) is 4.31 Å². The number of rotatable bonds is 8. The normalized spacial score (nSPS) is 15.3. The minimum Gasteiger partial charge on any atom is -0.374 e. The Hall–Kier alpha value is -2.22. The van der Waals surface area contributed by atoms with E-state index in [1.807, 2.05) is 38.1 Å². The molecule has 1 fully saturated rings. The number of sulfonamides is 1. The monoisotopic (exact) mass is 430 g/mol. The molecule has 1 saturated heterocycles. The molecule has 162 valence electrons. The van der Waals surface area contributed by atoms with E-state index in [9.17, 15) is 13.2 Å². The van der Waals surface area contributed by atoms with Crippen molar-refractivity contribution in [2.24, 2.45) is 0 Å². The number of nitrogens with one attached hydrogen (secondary N) is 1. The molecule has 2 aromatic carbocycles. The van der Waals surface area contributed by atoms with E-state index in [1.165, 1.54) is 10.4 Å². The van der Waals surface area contributed by atoms with E-state index in [1.54, 1.807) is 18.2 Å². The molecular weight excluding hydrogens is 400 g/mol. The fourth-order valence-electron chi connectivity index (χ4n) is 3.46. The lowest BCUT2D eigenvalue weighted by atomic mass is 10.1. The molecule has 0 aliphatic carbocycles. The number of amides is 1. The molecule has 3 rings (SSSR count). The van der Waals surface area contributed by atoms with E-state index in [4.69, 9.17) is 4.74 Å². The highest BCUT2D eigenvalue weighted by molar-refractivity contribution is 7.89. The third kappa shape index (κ3) is 5.68. The number of benzene rings is 2. The van der Waals surface area contributed by atoms with Crippen molar-refractivity contribution in [3.8, 4) is 0 Å². The van der Waals surface area contributed by atoms with Gasteiger partial charge >= 0.3 is 0 Å². The van der Waals surface area contributed by atoms with Gasteiger partial charge in [0.15, 0.2) is 0 Å². The van der Waals surface area contributed by atoms with E-state index in [-0.39, 0.29) is 16.9 Å². The van der Waals surface area contributed by atoms with E-state index in [0.29, 0.717) is 31.8 Å². The smallest absolute Gasteiger partial charge is 0.251 e. The summed E-state index contributed by atoms with van der Waals surface area (Å²) in [6.45, 7) is 5.86. The van der Waals surface area contributed by atoms with Crippen molar-refractivity contribution >= 4 is 15.9 Å². The van der Waals surface area contributed by atoms with Gasteiger partial charge in [0.2, 0.25) is 10.0 Å². The number of carbonyl (C=O) groups is 1. The molecule has 0 unspecified atom stereocenters. The van der Waals surface area contributed by atoms with Gasteiger partial charge in [-0.15, -0.1) is 0 Å². The summed E-state index contributed by atoms with van der Waals surface area (Å²) < 4.78 is 33.0. The second-order valence-corrected chi connectivity index (χ2v) is 9.74. The first-order valence-corrected chi connectivity index (χ1v) is 11.9. The number of carbonyl (C=O) groups excluding carboxylic acids is 1. The Labute approximate surface area is 179 Å². The van der Waals surface area contributed by atoms with Crippen LogP contribution in [0.4, 0.5) is 0 Å². The van der Waals surface area contributed by atoms with Crippen LogP contribution in [-0.4, -0.2) is 37.8 Å². The second kappa shape index (κ2) is 10.2. The lowest BCUT2D eigenvalue weighted by Gasteiger charge is -2.26. The molecule has 1 heterocycles. The van der Waals surface area contributed by atoms with Crippen molar-refractivity contribution in [2.75, 3.05) is 13.1 Å². The van der Waals surface area contributed by atoms with Crippen molar-refractivity contribution in [1.82, 2.24) is 9.62 Å². The average Bonchev–Trinajstić information content (AvgIpc) is 2.77. The summed E-state index contributed by atoms with van der Waals surface area (Å²) in [6.07, 6.45) is 2.92. The molecule has 0 aromatic heterocycles. The fraction of sp³-hybridized carbons (Fsp3) is 0.435. The van der Waals surface area contributed by atoms with Crippen molar-refractivity contribution < 1.29 is 17.9 Å². The number of hydrogen-bond donors (Lipinski definition) is 1. The number of piperidine rings is 1. The number of nitrogens with zero attached hydrogens (tertiary/aromatic N) is 1. The molecule has 0 radical (unpaired) electrons. The van der Waals surface area contributed by atoms with Crippen LogP contribution < -0.4 is 5.32 Å². The van der Waals surface area contributed by atoms with Crippen molar-refractivity contribution in [3.05, 3.63) is 65.2 Å². The van der Waals surface area contributed by atoms with Gasteiger partial charge in [0.1, 0.15) is 0 Å². The molecule has 0 atom stereocenters. The maximum atomic E-state index is 12.9. The number of hydrogen-bond acceptors (Lipinski definition) is 4. The van der Waals surface area contributed by atoms with Gasteiger partial charge in [0, 0.05) is 25.2 Å². The first-order valence-electron chi connectivity index (χ1n) is 10.4. The third-order valence-electron chi connectivity index (χ3n) is 5.18. The highest BCUT2D eigenvalue weighted by atomic mass is 32.2. The van der Waals surface area contributed by atoms with Gasteiger partial charge in [-0.25, -0.2) is 8.42 Å². The summed E-state index contributed by atoms with van der Waals surface area (Å²) in [4.78, 5) is 12.9. The Morgan fingerprint density at radius 1 is 1.03 bits per heavy atom. The first kappa shape index (κ1) is 22.5. The molecule has 7 heteroatoms. The Morgan fingerprint density at radius 3 is 2.43 bits per heavy atom. The van der Waals surface area contributed by atoms with Gasteiger partial charge in [-0.1, -0.05) is 36.8 Å². The average molecular weight is 431 g/mol. The summed E-state index contributed by atoms with van der Waals surface area (Å²) in [7, 11) is -3.57. The van der Waals surface area contributed by atoms with Crippen molar-refractivity contribution in [3.63, 3.8) is 0 Å². The summed E-state index contributed by atoms with van der Waals surface area (Å²) in [5.74, 6) is -0.301. The molecule has 1 amide bonds. The molecule has 0 bridgehead atoms. The maximum absolute atomic E-state index is 12.9. The lowest BCUT2D eigenvalue weighted by molar-refractivity contribution is 0.0651. The minimum absolute atomic E-state index is 0.122. The summed E-state index contributed by atoms with van der Waals surface area (Å²) in [6, 6.07) is 14.1. The van der Waals surface area contributed by atoms with E-state index >= 15 is 0 Å². The first-order chi connectivity index (χ1) is 14.4. The second-order valence-electron chi connectivity index (χ2n) is 7.80. The molecule has 1 aliphatic rings. The van der Waals surface area contributed by atoms with Crippen molar-refractivity contribution in [1.29, 1.82) is 0 Å². The largest absolute Gasteiger partial charge is 0.374 e. The van der Waals surface area contributed by atoms with Crippen LogP contribution in [0.5, 0.6) is 0 Å². The molecule has 1 N–H and O–H groups in total. The maximum Gasteiger partial charge on any atom is 0.251 e. The van der Waals surface area contributed by atoms with Crippen LogP contribution in [0.2, 0.25) is 0 Å². The van der Waals surface area contributed by atoms with Gasteiger partial charge in [0.05, 0.1) is 17.6 Å². The Morgan fingerprint density at radius 2 is 1.73 bits per heavy atom. The van der Waals surface area contributed by atoms with E-state index in [0.717, 1.165) is 30.4 Å². The Bertz CT molecular complexity index is 967. The fourth-order valence-corrected chi connectivity index (χ4v) is 5.02. The topological polar surface area (TPSA) is 75.7 Å². The van der Waals surface area contributed by atoms with Crippen LogP contribution in [0.15, 0.2) is 53.4 Å². The van der Waals surface area contributed by atoms with Crippen LogP contribution in [-0.2, 0) is 27.9 Å². The SMILES string of the molecule is CC(C)OCc1ccccc1CNC(=O)c1cccc(S(=O)(=O)N2CCCCC2)c1. The third-order valence-corrected chi connectivity index (χ3v) is 7.07. The molecular formula is C23H30N2O4S. The van der Waals surface area contributed by atoms with Gasteiger partial charge in [-0.3, -0.25) is 4.79 Å². The van der Waals surface area contributed by atoms with E-state index < -0.39 is 10.0 Å². The molecule has 0 saturated carbocycles. The van der Waals surface area contributed by atoms with Crippen LogP contribution >= 0.6 is 0 Å². The zero-order chi connectivity index (χ0) is 21.6. The predicted octanol–water partition coefficient (Wildman–Crippen LogP) is 3.72. The Kier molecular flexibility index (Phi) is 7.64. The van der Waals surface area contributed by atoms with Crippen LogP contribution in [0.1, 0.15) is 54.6 Å². The van der Waals surface area contributed by atoms with Gasteiger partial charge < -0.3 is 10.1 Å². The summed E-state index contributed by atoms with van der Waals surface area (Å²) in [5.41, 5.74) is 2.33. The van der Waals surface area contributed by atoms with Crippen LogP contribution in [0.25, 0.3) is 0 Å². The minimum atomic E-state index is -3.57. The predicted molar refractivity (Wildman–Crippen MR) is 117 cm³/mol. The van der Waals surface area contributed by atoms with E-state index in [2.05, 4.69) is 5.32 Å². The van der Waals surface area contributed by atoms with Crippen LogP contribution in [0, 0.1) is 0 Å². The summed E-state index contributed by atoms with van der Waals surface area (Å²) in [5, 5.41) is 2.90. The molecule has 0 spiro atoms. The molecule has 1 aliphatic heterocycles. The van der Waals surface area contributed by atoms with Gasteiger partial charge in [-0.05, 0) is 56.0 Å². The quantitative estimate of drug-likeness (QED) is 0.693. The zero-order valence-electron chi connectivity index (χ0n) is 17.6. The van der Waals surface area contributed by atoms with Crippen LogP contribution in [0.3, 0.4) is 0 Å². The zero-order valence-corrected chi connectivity index (χ0v) is 18.5.